The molecule has 9 heteroatoms. The number of piperazine rings is 1. The van der Waals surface area contributed by atoms with Gasteiger partial charge in [-0.2, -0.15) is 0 Å². The van der Waals surface area contributed by atoms with E-state index >= 15 is 0 Å². The number of halogens is 1. The summed E-state index contributed by atoms with van der Waals surface area (Å²) in [7, 11) is 2.06. The maximum atomic E-state index is 12.8. The molecule has 2 aromatic carbocycles. The number of thiazole rings is 1. The number of aromatic nitrogens is 2. The van der Waals surface area contributed by atoms with E-state index in [-0.39, 0.29) is 11.8 Å². The third-order valence-electron chi connectivity index (χ3n) is 5.50. The molecule has 158 valence electrons. The lowest BCUT2D eigenvalue weighted by atomic mass is 10.1. The molecular formula is C22H20ClN5O2S. The fourth-order valence-corrected chi connectivity index (χ4v) is 4.84. The predicted molar refractivity (Wildman–Crippen MR) is 124 cm³/mol. The van der Waals surface area contributed by atoms with E-state index in [1.54, 1.807) is 18.2 Å². The number of aromatic amines is 1. The van der Waals surface area contributed by atoms with Crippen LogP contribution in [-0.4, -0.2) is 64.8 Å². The molecule has 3 heterocycles. The standard InChI is InChI=1S/C22H20ClN5O2S/c1-27-7-9-28(10-8-27)21(30)14-5-6-16-18(12-14)31-22(25-16)26-20(29)17-11-13-3-2-4-15(23)19(13)24-17/h2-6,11-12,24H,7-10H2,1H3,(H,25,26,29). The van der Waals surface area contributed by atoms with Gasteiger partial charge in [-0.1, -0.05) is 35.1 Å². The zero-order chi connectivity index (χ0) is 21.5. The molecule has 2 amide bonds. The molecule has 0 aliphatic carbocycles. The van der Waals surface area contributed by atoms with Crippen molar-refractivity contribution in [3.8, 4) is 0 Å². The van der Waals surface area contributed by atoms with Gasteiger partial charge in [-0.15, -0.1) is 0 Å². The molecule has 0 unspecified atom stereocenters. The van der Waals surface area contributed by atoms with E-state index in [1.807, 2.05) is 29.2 Å². The fourth-order valence-electron chi connectivity index (χ4n) is 3.71. The number of carbonyl (C=O) groups excluding carboxylic acids is 2. The van der Waals surface area contributed by atoms with Gasteiger partial charge in [0.1, 0.15) is 5.69 Å². The van der Waals surface area contributed by atoms with Crippen molar-refractivity contribution in [2.45, 2.75) is 0 Å². The molecular weight excluding hydrogens is 434 g/mol. The number of hydrogen-bond donors (Lipinski definition) is 2. The maximum absolute atomic E-state index is 12.8. The van der Waals surface area contributed by atoms with Crippen LogP contribution in [0.15, 0.2) is 42.5 Å². The molecule has 0 spiro atoms. The number of fused-ring (bicyclic) bond motifs is 2. The van der Waals surface area contributed by atoms with E-state index in [1.165, 1.54) is 11.3 Å². The van der Waals surface area contributed by atoms with Crippen LogP contribution in [0.2, 0.25) is 5.02 Å². The number of nitrogens with one attached hydrogen (secondary N) is 2. The molecule has 0 radical (unpaired) electrons. The molecule has 5 rings (SSSR count). The van der Waals surface area contributed by atoms with Crippen molar-refractivity contribution in [1.29, 1.82) is 0 Å². The van der Waals surface area contributed by atoms with Crippen molar-refractivity contribution in [1.82, 2.24) is 19.8 Å². The van der Waals surface area contributed by atoms with Crippen molar-refractivity contribution in [3.63, 3.8) is 0 Å². The molecule has 7 nitrogen and oxygen atoms in total. The Balaban J connectivity index is 1.35. The first-order valence-electron chi connectivity index (χ1n) is 9.95. The van der Waals surface area contributed by atoms with Crippen molar-refractivity contribution >= 4 is 61.0 Å². The zero-order valence-electron chi connectivity index (χ0n) is 16.8. The van der Waals surface area contributed by atoms with Crippen LogP contribution in [0.1, 0.15) is 20.8 Å². The van der Waals surface area contributed by atoms with Gasteiger partial charge in [-0.25, -0.2) is 4.98 Å². The number of anilines is 1. The average Bonchev–Trinajstić information content (AvgIpc) is 3.37. The number of carbonyl (C=O) groups is 2. The summed E-state index contributed by atoms with van der Waals surface area (Å²) in [5.41, 5.74) is 2.53. The topological polar surface area (TPSA) is 81.3 Å². The summed E-state index contributed by atoms with van der Waals surface area (Å²) < 4.78 is 0.856. The van der Waals surface area contributed by atoms with Gasteiger partial charge in [0.15, 0.2) is 5.13 Å². The van der Waals surface area contributed by atoms with Crippen molar-refractivity contribution in [3.05, 3.63) is 58.7 Å². The van der Waals surface area contributed by atoms with E-state index < -0.39 is 0 Å². The van der Waals surface area contributed by atoms with E-state index in [4.69, 9.17) is 11.6 Å². The molecule has 0 atom stereocenters. The van der Waals surface area contributed by atoms with Gasteiger partial charge in [0.25, 0.3) is 11.8 Å². The second kappa shape index (κ2) is 7.96. The zero-order valence-corrected chi connectivity index (χ0v) is 18.4. The lowest BCUT2D eigenvalue weighted by Crippen LogP contribution is -2.47. The van der Waals surface area contributed by atoms with Gasteiger partial charge in [-0.05, 0) is 37.4 Å². The highest BCUT2D eigenvalue weighted by Crippen LogP contribution is 2.29. The van der Waals surface area contributed by atoms with E-state index in [9.17, 15) is 9.59 Å². The molecule has 0 saturated carbocycles. The minimum atomic E-state index is -0.292. The first kappa shape index (κ1) is 20.0. The Morgan fingerprint density at radius 3 is 2.71 bits per heavy atom. The summed E-state index contributed by atoms with van der Waals surface area (Å²) in [5, 5.41) is 4.75. The van der Waals surface area contributed by atoms with Gasteiger partial charge in [0.2, 0.25) is 0 Å². The van der Waals surface area contributed by atoms with E-state index in [0.717, 1.165) is 47.3 Å². The van der Waals surface area contributed by atoms with Crippen molar-refractivity contribution < 1.29 is 9.59 Å². The summed E-state index contributed by atoms with van der Waals surface area (Å²) in [6.45, 7) is 3.21. The summed E-state index contributed by atoms with van der Waals surface area (Å²) in [6, 6.07) is 12.8. The van der Waals surface area contributed by atoms with Crippen LogP contribution in [0, 0.1) is 0 Å². The second-order valence-corrected chi connectivity index (χ2v) is 9.08. The van der Waals surface area contributed by atoms with E-state index in [2.05, 4.69) is 27.2 Å². The van der Waals surface area contributed by atoms with Crippen LogP contribution in [0.3, 0.4) is 0 Å². The monoisotopic (exact) mass is 453 g/mol. The third kappa shape index (κ3) is 3.89. The number of rotatable bonds is 3. The van der Waals surface area contributed by atoms with Crippen LogP contribution in [0.25, 0.3) is 21.1 Å². The number of para-hydroxylation sites is 1. The van der Waals surface area contributed by atoms with Crippen LogP contribution < -0.4 is 5.32 Å². The van der Waals surface area contributed by atoms with Crippen LogP contribution in [0.4, 0.5) is 5.13 Å². The summed E-state index contributed by atoms with van der Waals surface area (Å²) in [6.07, 6.45) is 0. The van der Waals surface area contributed by atoms with Crippen molar-refractivity contribution in [2.24, 2.45) is 0 Å². The Morgan fingerprint density at radius 2 is 1.94 bits per heavy atom. The Hall–Kier alpha value is -2.94. The van der Waals surface area contributed by atoms with Crippen molar-refractivity contribution in [2.75, 3.05) is 38.5 Å². The quantitative estimate of drug-likeness (QED) is 0.490. The number of amides is 2. The fraction of sp³-hybridized carbons (Fsp3) is 0.227. The highest BCUT2D eigenvalue weighted by molar-refractivity contribution is 7.22. The summed E-state index contributed by atoms with van der Waals surface area (Å²) in [5.74, 6) is -0.260. The minimum Gasteiger partial charge on any atom is -0.349 e. The SMILES string of the molecule is CN1CCN(C(=O)c2ccc3nc(NC(=O)c4cc5cccc(Cl)c5[nH]4)sc3c2)CC1. The average molecular weight is 454 g/mol. The smallest absolute Gasteiger partial charge is 0.273 e. The highest BCUT2D eigenvalue weighted by atomic mass is 35.5. The summed E-state index contributed by atoms with van der Waals surface area (Å²) in [4.78, 5) is 37.2. The Morgan fingerprint density at radius 1 is 1.13 bits per heavy atom. The minimum absolute atomic E-state index is 0.0314. The molecule has 31 heavy (non-hydrogen) atoms. The lowest BCUT2D eigenvalue weighted by molar-refractivity contribution is 0.0664. The number of benzene rings is 2. The molecule has 1 aliphatic heterocycles. The number of likely N-dealkylation sites (N-methyl/N-ethyl adjacent to an activating group) is 1. The Kier molecular flexibility index (Phi) is 5.13. The van der Waals surface area contributed by atoms with Gasteiger partial charge < -0.3 is 14.8 Å². The maximum Gasteiger partial charge on any atom is 0.273 e. The molecule has 2 aromatic heterocycles. The molecule has 1 fully saturated rings. The van der Waals surface area contributed by atoms with Crippen LogP contribution >= 0.6 is 22.9 Å². The molecule has 1 aliphatic rings. The van der Waals surface area contributed by atoms with Gasteiger partial charge in [0, 0.05) is 37.1 Å². The largest absolute Gasteiger partial charge is 0.349 e. The third-order valence-corrected chi connectivity index (χ3v) is 6.74. The number of nitrogens with zero attached hydrogens (tertiary/aromatic N) is 3. The predicted octanol–water partition coefficient (Wildman–Crippen LogP) is 4.07. The van der Waals surface area contributed by atoms with Gasteiger partial charge >= 0.3 is 0 Å². The molecule has 1 saturated heterocycles. The molecule has 4 aromatic rings. The number of hydrogen-bond acceptors (Lipinski definition) is 5. The van der Waals surface area contributed by atoms with Gasteiger partial charge in [0.05, 0.1) is 20.8 Å². The molecule has 0 bridgehead atoms. The van der Waals surface area contributed by atoms with Gasteiger partial charge in [-0.3, -0.25) is 14.9 Å². The summed E-state index contributed by atoms with van der Waals surface area (Å²) >= 11 is 7.53. The molecule has 2 N–H and O–H groups in total. The first-order chi connectivity index (χ1) is 15.0. The second-order valence-electron chi connectivity index (χ2n) is 7.64. The Labute approximate surface area is 187 Å². The lowest BCUT2D eigenvalue weighted by Gasteiger charge is -2.32. The van der Waals surface area contributed by atoms with Crippen LogP contribution in [-0.2, 0) is 0 Å². The first-order valence-corrected chi connectivity index (χ1v) is 11.1. The number of H-pyrrole nitrogens is 1. The van der Waals surface area contributed by atoms with Crippen LogP contribution in [0.5, 0.6) is 0 Å². The highest BCUT2D eigenvalue weighted by Gasteiger charge is 2.21. The normalized spacial score (nSPS) is 15.0. The Bertz CT molecular complexity index is 1310. The van der Waals surface area contributed by atoms with E-state index in [0.29, 0.717) is 21.4 Å².